The lowest BCUT2D eigenvalue weighted by atomic mass is 9.97. The third kappa shape index (κ3) is 2.38. The molecule has 2 aliphatic heterocycles. The Morgan fingerprint density at radius 1 is 1.62 bits per heavy atom. The SMILES string of the molecule is CC(NC(=O)C1(C)CCCO1)C1CCNC1. The van der Waals surface area contributed by atoms with Crippen molar-refractivity contribution in [1.82, 2.24) is 10.6 Å². The van der Waals surface area contributed by atoms with Crippen molar-refractivity contribution in [3.8, 4) is 0 Å². The maximum atomic E-state index is 12.1. The molecular weight excluding hydrogens is 204 g/mol. The molecule has 92 valence electrons. The third-order valence-corrected chi connectivity index (χ3v) is 3.86. The molecule has 0 aromatic rings. The number of hydrogen-bond acceptors (Lipinski definition) is 3. The zero-order valence-electron chi connectivity index (χ0n) is 10.2. The maximum Gasteiger partial charge on any atom is 0.252 e. The summed E-state index contributed by atoms with van der Waals surface area (Å²) in [5.41, 5.74) is -0.583. The molecule has 0 aromatic carbocycles. The molecule has 2 aliphatic rings. The second-order valence-corrected chi connectivity index (χ2v) is 5.20. The number of ether oxygens (including phenoxy) is 1. The summed E-state index contributed by atoms with van der Waals surface area (Å²) in [6.07, 6.45) is 2.98. The lowest BCUT2D eigenvalue weighted by Gasteiger charge is -2.27. The van der Waals surface area contributed by atoms with E-state index in [4.69, 9.17) is 4.74 Å². The fourth-order valence-corrected chi connectivity index (χ4v) is 2.54. The van der Waals surface area contributed by atoms with Gasteiger partial charge in [0.2, 0.25) is 0 Å². The Morgan fingerprint density at radius 3 is 3.00 bits per heavy atom. The van der Waals surface area contributed by atoms with Crippen LogP contribution in [0.5, 0.6) is 0 Å². The molecule has 0 radical (unpaired) electrons. The quantitative estimate of drug-likeness (QED) is 0.743. The average molecular weight is 226 g/mol. The van der Waals surface area contributed by atoms with Gasteiger partial charge in [0, 0.05) is 12.6 Å². The summed E-state index contributed by atoms with van der Waals surface area (Å²) < 4.78 is 5.54. The monoisotopic (exact) mass is 226 g/mol. The second kappa shape index (κ2) is 4.72. The Morgan fingerprint density at radius 2 is 2.44 bits per heavy atom. The summed E-state index contributed by atoms with van der Waals surface area (Å²) in [5, 5.41) is 6.42. The highest BCUT2D eigenvalue weighted by Crippen LogP contribution is 2.25. The van der Waals surface area contributed by atoms with Gasteiger partial charge in [0.15, 0.2) is 0 Å². The van der Waals surface area contributed by atoms with Gasteiger partial charge in [-0.25, -0.2) is 0 Å². The zero-order valence-corrected chi connectivity index (χ0v) is 10.2. The molecule has 3 atom stereocenters. The molecule has 2 rings (SSSR count). The van der Waals surface area contributed by atoms with Crippen molar-refractivity contribution in [1.29, 1.82) is 0 Å². The minimum atomic E-state index is -0.583. The lowest BCUT2D eigenvalue weighted by Crippen LogP contribution is -2.49. The first-order chi connectivity index (χ1) is 7.62. The minimum Gasteiger partial charge on any atom is -0.365 e. The molecule has 2 heterocycles. The molecule has 2 fully saturated rings. The standard InChI is InChI=1S/C12H22N2O2/c1-9(10-4-6-13-8-10)14-11(15)12(2)5-3-7-16-12/h9-10,13H,3-8H2,1-2H3,(H,14,15). The molecule has 2 saturated heterocycles. The van der Waals surface area contributed by atoms with Gasteiger partial charge in [-0.05, 0) is 52.1 Å². The average Bonchev–Trinajstić information content (AvgIpc) is 2.88. The summed E-state index contributed by atoms with van der Waals surface area (Å²) >= 11 is 0. The van der Waals surface area contributed by atoms with Crippen molar-refractivity contribution in [2.45, 2.75) is 44.8 Å². The number of hydrogen-bond donors (Lipinski definition) is 2. The van der Waals surface area contributed by atoms with E-state index in [0.717, 1.165) is 32.4 Å². The summed E-state index contributed by atoms with van der Waals surface area (Å²) in [4.78, 5) is 12.1. The van der Waals surface area contributed by atoms with E-state index in [1.165, 1.54) is 0 Å². The highest BCUT2D eigenvalue weighted by Gasteiger charge is 2.38. The number of amides is 1. The highest BCUT2D eigenvalue weighted by atomic mass is 16.5. The Hall–Kier alpha value is -0.610. The number of carbonyl (C=O) groups excluding carboxylic acids is 1. The van der Waals surface area contributed by atoms with Crippen LogP contribution in [0, 0.1) is 5.92 Å². The largest absolute Gasteiger partial charge is 0.365 e. The Kier molecular flexibility index (Phi) is 3.50. The first-order valence-corrected chi connectivity index (χ1v) is 6.27. The van der Waals surface area contributed by atoms with Gasteiger partial charge in [0.05, 0.1) is 0 Å². The van der Waals surface area contributed by atoms with Gasteiger partial charge in [0.25, 0.3) is 5.91 Å². The first kappa shape index (κ1) is 11.9. The van der Waals surface area contributed by atoms with Crippen molar-refractivity contribution in [2.75, 3.05) is 19.7 Å². The van der Waals surface area contributed by atoms with Gasteiger partial charge in [-0.15, -0.1) is 0 Å². The van der Waals surface area contributed by atoms with Crippen molar-refractivity contribution in [3.63, 3.8) is 0 Å². The summed E-state index contributed by atoms with van der Waals surface area (Å²) in [7, 11) is 0. The third-order valence-electron chi connectivity index (χ3n) is 3.86. The van der Waals surface area contributed by atoms with Gasteiger partial charge in [-0.3, -0.25) is 4.79 Å². The van der Waals surface area contributed by atoms with E-state index in [2.05, 4.69) is 17.6 Å². The first-order valence-electron chi connectivity index (χ1n) is 6.27. The molecule has 0 aromatic heterocycles. The van der Waals surface area contributed by atoms with E-state index < -0.39 is 5.60 Å². The molecule has 3 unspecified atom stereocenters. The maximum absolute atomic E-state index is 12.1. The van der Waals surface area contributed by atoms with Crippen LogP contribution in [0.15, 0.2) is 0 Å². The summed E-state index contributed by atoms with van der Waals surface area (Å²) in [5.74, 6) is 0.623. The van der Waals surface area contributed by atoms with Gasteiger partial charge in [0.1, 0.15) is 5.60 Å². The van der Waals surface area contributed by atoms with Crippen molar-refractivity contribution >= 4 is 5.91 Å². The fraction of sp³-hybridized carbons (Fsp3) is 0.917. The number of rotatable bonds is 3. The van der Waals surface area contributed by atoms with Gasteiger partial charge >= 0.3 is 0 Å². The van der Waals surface area contributed by atoms with E-state index in [0.29, 0.717) is 12.5 Å². The molecule has 1 amide bonds. The Bertz CT molecular complexity index is 256. The van der Waals surface area contributed by atoms with Crippen LogP contribution in [0.2, 0.25) is 0 Å². The van der Waals surface area contributed by atoms with Crippen LogP contribution in [0.3, 0.4) is 0 Å². The van der Waals surface area contributed by atoms with Crippen LogP contribution in [0.25, 0.3) is 0 Å². The van der Waals surface area contributed by atoms with E-state index in [1.54, 1.807) is 0 Å². The van der Waals surface area contributed by atoms with Crippen molar-refractivity contribution in [3.05, 3.63) is 0 Å². The molecule has 0 aliphatic carbocycles. The highest BCUT2D eigenvalue weighted by molar-refractivity contribution is 5.85. The molecule has 16 heavy (non-hydrogen) atoms. The predicted molar refractivity (Wildman–Crippen MR) is 62.2 cm³/mol. The molecule has 0 spiro atoms. The van der Waals surface area contributed by atoms with Crippen LogP contribution in [-0.4, -0.2) is 37.2 Å². The number of nitrogens with one attached hydrogen (secondary N) is 2. The summed E-state index contributed by atoms with van der Waals surface area (Å²) in [6, 6.07) is 0.239. The van der Waals surface area contributed by atoms with E-state index >= 15 is 0 Å². The zero-order chi connectivity index (χ0) is 11.6. The van der Waals surface area contributed by atoms with Crippen LogP contribution < -0.4 is 10.6 Å². The normalized spacial score (nSPS) is 36.2. The van der Waals surface area contributed by atoms with Crippen LogP contribution >= 0.6 is 0 Å². The Balaban J connectivity index is 1.86. The second-order valence-electron chi connectivity index (χ2n) is 5.20. The molecule has 4 heteroatoms. The van der Waals surface area contributed by atoms with E-state index in [1.807, 2.05) is 6.92 Å². The van der Waals surface area contributed by atoms with Crippen molar-refractivity contribution in [2.24, 2.45) is 5.92 Å². The van der Waals surface area contributed by atoms with Crippen LogP contribution in [0.1, 0.15) is 33.1 Å². The van der Waals surface area contributed by atoms with Crippen molar-refractivity contribution < 1.29 is 9.53 Å². The van der Waals surface area contributed by atoms with Crippen LogP contribution in [-0.2, 0) is 9.53 Å². The molecular formula is C12H22N2O2. The molecule has 2 N–H and O–H groups in total. The van der Waals surface area contributed by atoms with Crippen LogP contribution in [0.4, 0.5) is 0 Å². The number of carbonyl (C=O) groups is 1. The van der Waals surface area contributed by atoms with Gasteiger partial charge < -0.3 is 15.4 Å². The fourth-order valence-electron chi connectivity index (χ4n) is 2.54. The lowest BCUT2D eigenvalue weighted by molar-refractivity contribution is -0.140. The minimum absolute atomic E-state index is 0.0596. The smallest absolute Gasteiger partial charge is 0.252 e. The molecule has 4 nitrogen and oxygen atoms in total. The summed E-state index contributed by atoms with van der Waals surface area (Å²) in [6.45, 7) is 6.78. The van der Waals surface area contributed by atoms with E-state index in [-0.39, 0.29) is 11.9 Å². The Labute approximate surface area is 97.1 Å². The topological polar surface area (TPSA) is 50.4 Å². The predicted octanol–water partition coefficient (Wildman–Crippen LogP) is 0.670. The molecule has 0 saturated carbocycles. The van der Waals surface area contributed by atoms with E-state index in [9.17, 15) is 4.79 Å². The molecule has 0 bridgehead atoms. The van der Waals surface area contributed by atoms with Gasteiger partial charge in [-0.1, -0.05) is 0 Å². The van der Waals surface area contributed by atoms with Gasteiger partial charge in [-0.2, -0.15) is 0 Å².